The van der Waals surface area contributed by atoms with Crippen LogP contribution in [-0.4, -0.2) is 18.9 Å². The van der Waals surface area contributed by atoms with E-state index in [0.717, 1.165) is 16.7 Å². The molecule has 29 heavy (non-hydrogen) atoms. The molecule has 3 rings (SSSR count). The lowest BCUT2D eigenvalue weighted by atomic mass is 10.0. The maximum absolute atomic E-state index is 13.2. The highest BCUT2D eigenvalue weighted by molar-refractivity contribution is 7.12. The lowest BCUT2D eigenvalue weighted by molar-refractivity contribution is -0.123. The molecule has 6 heteroatoms. The second-order valence-electron chi connectivity index (χ2n) is 6.77. The van der Waals surface area contributed by atoms with Crippen LogP contribution in [0.1, 0.15) is 45.4 Å². The summed E-state index contributed by atoms with van der Waals surface area (Å²) in [7, 11) is 1.61. The maximum atomic E-state index is 13.2. The Morgan fingerprint density at radius 1 is 1.00 bits per heavy atom. The van der Waals surface area contributed by atoms with Crippen molar-refractivity contribution in [2.24, 2.45) is 0 Å². The Hall–Kier alpha value is -3.12. The lowest BCUT2D eigenvalue weighted by Crippen LogP contribution is -2.41. The van der Waals surface area contributed by atoms with Gasteiger partial charge in [-0.15, -0.1) is 11.3 Å². The third kappa shape index (κ3) is 5.03. The molecular formula is C23H24N2O3S. The summed E-state index contributed by atoms with van der Waals surface area (Å²) in [5.41, 5.74) is 2.68. The van der Waals surface area contributed by atoms with Gasteiger partial charge in [-0.25, -0.2) is 0 Å². The van der Waals surface area contributed by atoms with E-state index in [1.54, 1.807) is 13.2 Å². The molecular weight excluding hydrogens is 384 g/mol. The molecule has 1 aromatic heterocycles. The van der Waals surface area contributed by atoms with Crippen LogP contribution in [-0.2, 0) is 4.79 Å². The van der Waals surface area contributed by atoms with Crippen molar-refractivity contribution in [3.05, 3.63) is 87.6 Å². The first-order chi connectivity index (χ1) is 14.0. The molecule has 0 spiro atoms. The topological polar surface area (TPSA) is 67.4 Å². The number of benzene rings is 2. The minimum atomic E-state index is -0.802. The van der Waals surface area contributed by atoms with E-state index in [1.165, 1.54) is 11.3 Å². The van der Waals surface area contributed by atoms with Crippen LogP contribution in [0.5, 0.6) is 5.75 Å². The zero-order chi connectivity index (χ0) is 20.8. The van der Waals surface area contributed by atoms with Gasteiger partial charge in [0, 0.05) is 5.56 Å². The summed E-state index contributed by atoms with van der Waals surface area (Å²) in [4.78, 5) is 26.3. The van der Waals surface area contributed by atoms with Crippen molar-refractivity contribution in [2.75, 3.05) is 7.11 Å². The molecule has 0 saturated heterocycles. The van der Waals surface area contributed by atoms with Gasteiger partial charge < -0.3 is 15.4 Å². The molecule has 0 saturated carbocycles. The summed E-state index contributed by atoms with van der Waals surface area (Å²) in [5, 5.41) is 7.71. The van der Waals surface area contributed by atoms with E-state index in [1.807, 2.05) is 73.8 Å². The molecule has 2 aromatic carbocycles. The van der Waals surface area contributed by atoms with Gasteiger partial charge in [0.25, 0.3) is 5.91 Å². The molecule has 0 radical (unpaired) electrons. The van der Waals surface area contributed by atoms with E-state index in [-0.39, 0.29) is 17.9 Å². The largest absolute Gasteiger partial charge is 0.496 e. The molecule has 0 bridgehead atoms. The molecule has 150 valence electrons. The zero-order valence-electron chi connectivity index (χ0n) is 16.6. The SMILES string of the molecule is COc1ccc(C)cc1C(C)NC(=O)C(NC(=O)c1cccs1)c1ccccc1. The molecule has 0 aliphatic carbocycles. The van der Waals surface area contributed by atoms with Crippen molar-refractivity contribution in [3.63, 3.8) is 0 Å². The fraction of sp³-hybridized carbons (Fsp3) is 0.217. The van der Waals surface area contributed by atoms with Gasteiger partial charge >= 0.3 is 0 Å². The Bertz CT molecular complexity index is 971. The first-order valence-electron chi connectivity index (χ1n) is 9.34. The molecule has 0 aliphatic rings. The number of aryl methyl sites for hydroxylation is 1. The minimum absolute atomic E-state index is 0.273. The van der Waals surface area contributed by atoms with Crippen LogP contribution in [0, 0.1) is 6.92 Å². The predicted octanol–water partition coefficient (Wildman–Crippen LogP) is 4.41. The van der Waals surface area contributed by atoms with Crippen LogP contribution in [0.15, 0.2) is 66.0 Å². The molecule has 2 atom stereocenters. The lowest BCUT2D eigenvalue weighted by Gasteiger charge is -2.23. The Morgan fingerprint density at radius 2 is 1.76 bits per heavy atom. The number of carbonyl (C=O) groups is 2. The van der Waals surface area contributed by atoms with Gasteiger partial charge in [-0.1, -0.05) is 54.1 Å². The van der Waals surface area contributed by atoms with Gasteiger partial charge in [-0.2, -0.15) is 0 Å². The number of nitrogens with one attached hydrogen (secondary N) is 2. The summed E-state index contributed by atoms with van der Waals surface area (Å²) in [5.74, 6) is 0.157. The van der Waals surface area contributed by atoms with Crippen molar-refractivity contribution in [2.45, 2.75) is 25.9 Å². The number of hydrogen-bond acceptors (Lipinski definition) is 4. The standard InChI is InChI=1S/C23H24N2O3S/c1-15-11-12-19(28-3)18(14-15)16(2)24-23(27)21(17-8-5-4-6-9-17)25-22(26)20-10-7-13-29-20/h4-14,16,21H,1-3H3,(H,24,27)(H,25,26). The molecule has 5 nitrogen and oxygen atoms in total. The fourth-order valence-corrected chi connectivity index (χ4v) is 3.75. The van der Waals surface area contributed by atoms with Gasteiger partial charge in [0.05, 0.1) is 18.0 Å². The first kappa shape index (κ1) is 20.6. The normalized spacial score (nSPS) is 12.7. The number of rotatable bonds is 7. The van der Waals surface area contributed by atoms with E-state index >= 15 is 0 Å². The smallest absolute Gasteiger partial charge is 0.262 e. The van der Waals surface area contributed by atoms with E-state index in [0.29, 0.717) is 10.6 Å². The fourth-order valence-electron chi connectivity index (χ4n) is 3.12. The van der Waals surface area contributed by atoms with Crippen LogP contribution >= 0.6 is 11.3 Å². The van der Waals surface area contributed by atoms with Crippen LogP contribution in [0.3, 0.4) is 0 Å². The van der Waals surface area contributed by atoms with Gasteiger partial charge in [0.15, 0.2) is 0 Å². The highest BCUT2D eigenvalue weighted by atomic mass is 32.1. The average Bonchev–Trinajstić information content (AvgIpc) is 3.27. The number of ether oxygens (including phenoxy) is 1. The summed E-state index contributed by atoms with van der Waals surface area (Å²) >= 11 is 1.34. The Kier molecular flexibility index (Phi) is 6.67. The number of hydrogen-bond donors (Lipinski definition) is 2. The highest BCUT2D eigenvalue weighted by Gasteiger charge is 2.25. The monoisotopic (exact) mass is 408 g/mol. The summed E-state index contributed by atoms with van der Waals surface area (Å²) in [6.45, 7) is 3.89. The third-order valence-corrected chi connectivity index (χ3v) is 5.49. The Morgan fingerprint density at radius 3 is 2.41 bits per heavy atom. The van der Waals surface area contributed by atoms with E-state index in [4.69, 9.17) is 4.74 Å². The second kappa shape index (κ2) is 9.39. The first-order valence-corrected chi connectivity index (χ1v) is 10.2. The van der Waals surface area contributed by atoms with E-state index < -0.39 is 6.04 Å². The van der Waals surface area contributed by atoms with E-state index in [2.05, 4.69) is 10.6 Å². The van der Waals surface area contributed by atoms with Crippen molar-refractivity contribution in [3.8, 4) is 5.75 Å². The number of amides is 2. The van der Waals surface area contributed by atoms with Crippen molar-refractivity contribution in [1.29, 1.82) is 0 Å². The van der Waals surface area contributed by atoms with Gasteiger partial charge in [-0.3, -0.25) is 9.59 Å². The zero-order valence-corrected chi connectivity index (χ0v) is 17.5. The highest BCUT2D eigenvalue weighted by Crippen LogP contribution is 2.27. The second-order valence-corrected chi connectivity index (χ2v) is 7.72. The van der Waals surface area contributed by atoms with Crippen LogP contribution in [0.4, 0.5) is 0 Å². The third-order valence-electron chi connectivity index (χ3n) is 4.63. The summed E-state index contributed by atoms with van der Waals surface area (Å²) in [6.07, 6.45) is 0. The van der Waals surface area contributed by atoms with Crippen molar-refractivity contribution < 1.29 is 14.3 Å². The maximum Gasteiger partial charge on any atom is 0.262 e. The van der Waals surface area contributed by atoms with E-state index in [9.17, 15) is 9.59 Å². The molecule has 2 unspecified atom stereocenters. The Labute approximate surface area is 174 Å². The number of methoxy groups -OCH3 is 1. The van der Waals surface area contributed by atoms with Gasteiger partial charge in [0.1, 0.15) is 11.8 Å². The molecule has 2 N–H and O–H groups in total. The number of carbonyl (C=O) groups excluding carboxylic acids is 2. The molecule has 0 aliphatic heterocycles. The van der Waals surface area contributed by atoms with Crippen molar-refractivity contribution in [1.82, 2.24) is 10.6 Å². The molecule has 2 amide bonds. The molecule has 0 fully saturated rings. The summed E-state index contributed by atoms with van der Waals surface area (Å²) in [6, 6.07) is 17.5. The van der Waals surface area contributed by atoms with Crippen LogP contribution in [0.2, 0.25) is 0 Å². The average molecular weight is 409 g/mol. The van der Waals surface area contributed by atoms with Crippen LogP contribution < -0.4 is 15.4 Å². The van der Waals surface area contributed by atoms with Gasteiger partial charge in [-0.05, 0) is 36.9 Å². The van der Waals surface area contributed by atoms with Crippen molar-refractivity contribution >= 4 is 23.2 Å². The Balaban J connectivity index is 1.83. The molecule has 3 aromatic rings. The molecule has 1 heterocycles. The van der Waals surface area contributed by atoms with Crippen LogP contribution in [0.25, 0.3) is 0 Å². The minimum Gasteiger partial charge on any atom is -0.496 e. The predicted molar refractivity (Wildman–Crippen MR) is 115 cm³/mol. The quantitative estimate of drug-likeness (QED) is 0.608. The summed E-state index contributed by atoms with van der Waals surface area (Å²) < 4.78 is 5.44. The van der Waals surface area contributed by atoms with Gasteiger partial charge in [0.2, 0.25) is 5.91 Å². The number of thiophene rings is 1.